The number of rotatable bonds is 4. The fourth-order valence-corrected chi connectivity index (χ4v) is 2.11. The Labute approximate surface area is 104 Å². The van der Waals surface area contributed by atoms with Crippen LogP contribution in [-0.2, 0) is 6.54 Å². The minimum Gasteiger partial charge on any atom is -0.380 e. The lowest BCUT2D eigenvalue weighted by Crippen LogP contribution is -2.01. The van der Waals surface area contributed by atoms with Crippen molar-refractivity contribution in [3.8, 4) is 6.07 Å². The van der Waals surface area contributed by atoms with Crippen LogP contribution in [0.25, 0.3) is 0 Å². The lowest BCUT2D eigenvalue weighted by Gasteiger charge is -2.09. The third kappa shape index (κ3) is 2.60. The van der Waals surface area contributed by atoms with Gasteiger partial charge in [0.2, 0.25) is 0 Å². The molecule has 0 saturated heterocycles. The molecule has 1 heterocycles. The molecule has 2 aromatic rings. The molecule has 17 heavy (non-hydrogen) atoms. The maximum Gasteiger partial charge on any atom is 0.102 e. The Morgan fingerprint density at radius 3 is 3.06 bits per heavy atom. The van der Waals surface area contributed by atoms with Gasteiger partial charge in [-0.2, -0.15) is 10.4 Å². The fourth-order valence-electron chi connectivity index (χ4n) is 1.54. The van der Waals surface area contributed by atoms with Gasteiger partial charge < -0.3 is 5.32 Å². The standard InChI is InChI=1S/C12H12N4S/c1-17-12-4-2-3-11(10(12)5-13)14-6-9-7-15-16-8-9/h2-4,7-8,14H,6H2,1H3,(H,15,16). The number of hydrogen-bond acceptors (Lipinski definition) is 4. The van der Waals surface area contributed by atoms with Crippen molar-refractivity contribution in [2.45, 2.75) is 11.4 Å². The maximum absolute atomic E-state index is 9.17. The molecule has 0 bridgehead atoms. The molecule has 5 heteroatoms. The summed E-state index contributed by atoms with van der Waals surface area (Å²) in [6.45, 7) is 0.656. The topological polar surface area (TPSA) is 64.5 Å². The second-order valence-electron chi connectivity index (χ2n) is 3.45. The van der Waals surface area contributed by atoms with Crippen LogP contribution in [0.3, 0.4) is 0 Å². The van der Waals surface area contributed by atoms with E-state index in [-0.39, 0.29) is 0 Å². The summed E-state index contributed by atoms with van der Waals surface area (Å²) >= 11 is 1.58. The maximum atomic E-state index is 9.17. The molecule has 0 saturated carbocycles. The highest BCUT2D eigenvalue weighted by Gasteiger charge is 2.06. The first-order chi connectivity index (χ1) is 8.35. The molecular weight excluding hydrogens is 232 g/mol. The van der Waals surface area contributed by atoms with Crippen LogP contribution in [0.1, 0.15) is 11.1 Å². The highest BCUT2D eigenvalue weighted by atomic mass is 32.2. The van der Waals surface area contributed by atoms with E-state index in [1.165, 1.54) is 0 Å². The van der Waals surface area contributed by atoms with E-state index in [0.717, 1.165) is 16.1 Å². The van der Waals surface area contributed by atoms with Gasteiger partial charge in [-0.3, -0.25) is 5.10 Å². The molecule has 0 aliphatic heterocycles. The van der Waals surface area contributed by atoms with Crippen molar-refractivity contribution >= 4 is 17.4 Å². The summed E-state index contributed by atoms with van der Waals surface area (Å²) in [5.74, 6) is 0. The van der Waals surface area contributed by atoms with Gasteiger partial charge in [-0.25, -0.2) is 0 Å². The Morgan fingerprint density at radius 1 is 1.53 bits per heavy atom. The van der Waals surface area contributed by atoms with Crippen molar-refractivity contribution < 1.29 is 0 Å². The lowest BCUT2D eigenvalue weighted by molar-refractivity contribution is 1.09. The quantitative estimate of drug-likeness (QED) is 0.811. The number of nitrogens with one attached hydrogen (secondary N) is 2. The first kappa shape index (κ1) is 11.6. The molecule has 0 spiro atoms. The summed E-state index contributed by atoms with van der Waals surface area (Å²) in [6.07, 6.45) is 5.56. The minimum absolute atomic E-state index is 0.656. The van der Waals surface area contributed by atoms with Gasteiger partial charge >= 0.3 is 0 Å². The molecule has 0 aliphatic carbocycles. The molecule has 0 fully saturated rings. The number of benzene rings is 1. The Balaban J connectivity index is 2.18. The fraction of sp³-hybridized carbons (Fsp3) is 0.167. The van der Waals surface area contributed by atoms with Gasteiger partial charge in [0.25, 0.3) is 0 Å². The molecular formula is C12H12N4S. The number of aromatic amines is 1. The zero-order valence-corrected chi connectivity index (χ0v) is 10.2. The average Bonchev–Trinajstić information content (AvgIpc) is 2.88. The number of nitriles is 1. The normalized spacial score (nSPS) is 9.88. The van der Waals surface area contributed by atoms with Gasteiger partial charge in [0.15, 0.2) is 0 Å². The minimum atomic E-state index is 0.656. The van der Waals surface area contributed by atoms with Crippen molar-refractivity contribution in [1.29, 1.82) is 5.26 Å². The SMILES string of the molecule is CSc1cccc(NCc2cn[nH]c2)c1C#N. The number of nitrogens with zero attached hydrogens (tertiary/aromatic N) is 2. The van der Waals surface area contributed by atoms with E-state index in [1.54, 1.807) is 18.0 Å². The van der Waals surface area contributed by atoms with Crippen LogP contribution in [-0.4, -0.2) is 16.5 Å². The second-order valence-corrected chi connectivity index (χ2v) is 4.30. The van der Waals surface area contributed by atoms with E-state index >= 15 is 0 Å². The smallest absolute Gasteiger partial charge is 0.102 e. The lowest BCUT2D eigenvalue weighted by atomic mass is 10.2. The summed E-state index contributed by atoms with van der Waals surface area (Å²) < 4.78 is 0. The largest absolute Gasteiger partial charge is 0.380 e. The molecule has 0 aliphatic rings. The van der Waals surface area contributed by atoms with Crippen LogP contribution in [0.4, 0.5) is 5.69 Å². The van der Waals surface area contributed by atoms with Crippen LogP contribution in [0.5, 0.6) is 0 Å². The van der Waals surface area contributed by atoms with E-state index < -0.39 is 0 Å². The highest BCUT2D eigenvalue weighted by Crippen LogP contribution is 2.26. The van der Waals surface area contributed by atoms with Crippen molar-refractivity contribution in [3.05, 3.63) is 41.7 Å². The van der Waals surface area contributed by atoms with Crippen molar-refractivity contribution in [2.75, 3.05) is 11.6 Å². The van der Waals surface area contributed by atoms with Crippen molar-refractivity contribution in [3.63, 3.8) is 0 Å². The summed E-state index contributed by atoms with van der Waals surface area (Å²) in [5.41, 5.74) is 2.62. The van der Waals surface area contributed by atoms with Gasteiger partial charge in [-0.15, -0.1) is 11.8 Å². The predicted molar refractivity (Wildman–Crippen MR) is 68.9 cm³/mol. The van der Waals surface area contributed by atoms with E-state index in [2.05, 4.69) is 21.6 Å². The summed E-state index contributed by atoms with van der Waals surface area (Å²) in [5, 5.41) is 19.0. The van der Waals surface area contributed by atoms with Gasteiger partial charge in [0, 0.05) is 23.2 Å². The first-order valence-corrected chi connectivity index (χ1v) is 6.36. The third-order valence-corrected chi connectivity index (χ3v) is 3.18. The van der Waals surface area contributed by atoms with Crippen LogP contribution in [0, 0.1) is 11.3 Å². The molecule has 2 rings (SSSR count). The highest BCUT2D eigenvalue weighted by molar-refractivity contribution is 7.98. The molecule has 86 valence electrons. The zero-order valence-electron chi connectivity index (χ0n) is 9.40. The van der Waals surface area contributed by atoms with Gasteiger partial charge in [0.05, 0.1) is 17.4 Å². The average molecular weight is 244 g/mol. The second kappa shape index (κ2) is 5.41. The van der Waals surface area contributed by atoms with Crippen LogP contribution >= 0.6 is 11.8 Å². The number of aromatic nitrogens is 2. The molecule has 4 nitrogen and oxygen atoms in total. The third-order valence-electron chi connectivity index (χ3n) is 2.40. The Morgan fingerprint density at radius 2 is 2.41 bits per heavy atom. The van der Waals surface area contributed by atoms with Crippen LogP contribution < -0.4 is 5.32 Å². The number of hydrogen-bond donors (Lipinski definition) is 2. The van der Waals surface area contributed by atoms with Gasteiger partial charge in [-0.1, -0.05) is 6.07 Å². The Kier molecular flexibility index (Phi) is 3.68. The zero-order chi connectivity index (χ0) is 12.1. The monoisotopic (exact) mass is 244 g/mol. The van der Waals surface area contributed by atoms with Gasteiger partial charge in [0.1, 0.15) is 6.07 Å². The molecule has 0 atom stereocenters. The molecule has 0 radical (unpaired) electrons. The van der Waals surface area contributed by atoms with Crippen LogP contribution in [0.15, 0.2) is 35.5 Å². The summed E-state index contributed by atoms with van der Waals surface area (Å²) in [4.78, 5) is 0.990. The van der Waals surface area contributed by atoms with Crippen molar-refractivity contribution in [2.24, 2.45) is 0 Å². The van der Waals surface area contributed by atoms with E-state index in [1.807, 2.05) is 30.7 Å². The Hall–Kier alpha value is -1.93. The molecule has 1 aromatic carbocycles. The number of thioether (sulfide) groups is 1. The van der Waals surface area contributed by atoms with E-state index in [4.69, 9.17) is 5.26 Å². The number of H-pyrrole nitrogens is 1. The van der Waals surface area contributed by atoms with E-state index in [9.17, 15) is 0 Å². The Bertz CT molecular complexity index is 528. The van der Waals surface area contributed by atoms with E-state index in [0.29, 0.717) is 12.1 Å². The predicted octanol–water partition coefficient (Wildman–Crippen LogP) is 2.62. The summed E-state index contributed by atoms with van der Waals surface area (Å²) in [7, 11) is 0. The number of anilines is 1. The molecule has 2 N–H and O–H groups in total. The summed E-state index contributed by atoms with van der Waals surface area (Å²) in [6, 6.07) is 8.05. The molecule has 0 amide bonds. The molecule has 0 unspecified atom stereocenters. The first-order valence-electron chi connectivity index (χ1n) is 5.13. The van der Waals surface area contributed by atoms with Crippen LogP contribution in [0.2, 0.25) is 0 Å². The van der Waals surface area contributed by atoms with Crippen molar-refractivity contribution in [1.82, 2.24) is 10.2 Å². The van der Waals surface area contributed by atoms with Gasteiger partial charge in [-0.05, 0) is 18.4 Å². The molecule has 1 aromatic heterocycles.